The molecule has 0 bridgehead atoms. The van der Waals surface area contributed by atoms with Crippen molar-refractivity contribution in [2.75, 3.05) is 46.1 Å². The van der Waals surface area contributed by atoms with Gasteiger partial charge >= 0.3 is 14.5 Å². The third-order valence-corrected chi connectivity index (χ3v) is 13.7. The number of unbranched alkanes of at least 4 members (excludes halogenated alkanes) is 15. The molecule has 1 aliphatic rings. The third-order valence-electron chi connectivity index (χ3n) is 12.0. The van der Waals surface area contributed by atoms with Gasteiger partial charge in [0, 0.05) is 19.8 Å². The van der Waals surface area contributed by atoms with Crippen LogP contribution in [0, 0.1) is 5.92 Å². The first-order chi connectivity index (χ1) is 27.9. The highest BCUT2D eigenvalue weighted by Gasteiger charge is 2.29. The van der Waals surface area contributed by atoms with Crippen LogP contribution < -0.4 is 0 Å². The smallest absolute Gasteiger partial charge is 0.333 e. The molecule has 1 saturated heterocycles. The van der Waals surface area contributed by atoms with Gasteiger partial charge in [-0.25, -0.2) is 0 Å². The van der Waals surface area contributed by atoms with Gasteiger partial charge in [-0.15, -0.1) is 0 Å². The normalized spacial score (nSPS) is 17.5. The van der Waals surface area contributed by atoms with Crippen LogP contribution >= 0.6 is 0 Å². The first-order valence-corrected chi connectivity index (χ1v) is 28.2. The molecule has 340 valence electrons. The molecule has 2 atom stereocenters. The van der Waals surface area contributed by atoms with Gasteiger partial charge in [0.05, 0.1) is 12.5 Å². The van der Waals surface area contributed by atoms with Crippen LogP contribution in [0.25, 0.3) is 0 Å². The van der Waals surface area contributed by atoms with E-state index in [-0.39, 0.29) is 24.8 Å². The molecule has 0 aromatic heterocycles. The van der Waals surface area contributed by atoms with Crippen molar-refractivity contribution in [2.24, 2.45) is 5.92 Å². The number of hydrogen-bond acceptors (Lipinski definition) is 7. The van der Waals surface area contributed by atoms with Gasteiger partial charge in [0.1, 0.15) is 6.29 Å². The molecule has 0 amide bonds. The Kier molecular flexibility index (Phi) is 39.1. The maximum atomic E-state index is 13.0. The molecule has 2 unspecified atom stereocenters. The molecular weight excluding hydrogens is 727 g/mol. The van der Waals surface area contributed by atoms with Crippen LogP contribution in [0.5, 0.6) is 0 Å². The van der Waals surface area contributed by atoms with Gasteiger partial charge in [0.25, 0.3) is 0 Å². The van der Waals surface area contributed by atoms with E-state index in [1.807, 2.05) is 0 Å². The number of carbonyl (C=O) groups excluding carboxylic acids is 1. The van der Waals surface area contributed by atoms with Gasteiger partial charge < -0.3 is 28.3 Å². The van der Waals surface area contributed by atoms with E-state index in [1.54, 1.807) is 0 Å². The topological polar surface area (TPSA) is 77.5 Å². The molecule has 0 radical (unpaired) electrons. The Bertz CT molecular complexity index is 831. The van der Waals surface area contributed by atoms with Crippen molar-refractivity contribution in [3.8, 4) is 0 Å². The van der Waals surface area contributed by atoms with E-state index in [1.165, 1.54) is 154 Å². The number of aliphatic hydroxyl groups is 1. The molecule has 0 aromatic rings. The summed E-state index contributed by atoms with van der Waals surface area (Å²) in [7, 11) is -2.25. The lowest BCUT2D eigenvalue weighted by Gasteiger charge is -2.29. The van der Waals surface area contributed by atoms with Crippen LogP contribution in [0.4, 0.5) is 0 Å². The predicted octanol–water partition coefficient (Wildman–Crippen LogP) is 14.2. The molecule has 1 fully saturated rings. The van der Waals surface area contributed by atoms with E-state index in [0.29, 0.717) is 6.61 Å². The molecule has 0 aromatic carbocycles. The zero-order valence-electron chi connectivity index (χ0n) is 38.8. The number of ether oxygens (including phenoxy) is 2. The zero-order chi connectivity index (χ0) is 41.3. The summed E-state index contributed by atoms with van der Waals surface area (Å²) in [6, 6.07) is 0. The quantitative estimate of drug-likeness (QED) is 0.0393. The summed E-state index contributed by atoms with van der Waals surface area (Å²) in [6.07, 6.45) is 42.4. The second kappa shape index (κ2) is 40.9. The van der Waals surface area contributed by atoms with Crippen molar-refractivity contribution in [2.45, 2.75) is 258 Å². The van der Waals surface area contributed by atoms with Gasteiger partial charge in [0.2, 0.25) is 0 Å². The maximum Gasteiger partial charge on any atom is 0.333 e. The second-order valence-electron chi connectivity index (χ2n) is 18.1. The lowest BCUT2D eigenvalue weighted by molar-refractivity contribution is -0.149. The number of carbonyl (C=O) groups is 1. The lowest BCUT2D eigenvalue weighted by atomic mass is 9.94. The third kappa shape index (κ3) is 35.9. The Balaban J connectivity index is 2.30. The van der Waals surface area contributed by atoms with Crippen LogP contribution in [0.15, 0.2) is 0 Å². The monoisotopic (exact) mass is 826 g/mol. The molecule has 0 aliphatic carbocycles. The highest BCUT2D eigenvalue weighted by Crippen LogP contribution is 2.22. The van der Waals surface area contributed by atoms with Crippen molar-refractivity contribution in [3.05, 3.63) is 0 Å². The molecule has 57 heavy (non-hydrogen) atoms. The van der Waals surface area contributed by atoms with Crippen LogP contribution in [-0.4, -0.2) is 76.9 Å². The Labute approximate surface area is 356 Å². The fourth-order valence-electron chi connectivity index (χ4n) is 8.26. The summed E-state index contributed by atoms with van der Waals surface area (Å²) < 4.78 is 25.1. The molecule has 7 nitrogen and oxygen atoms in total. The lowest BCUT2D eigenvalue weighted by Crippen LogP contribution is -2.40. The fraction of sp³-hybridized carbons (Fsp3) is 0.980. The van der Waals surface area contributed by atoms with Crippen LogP contribution in [-0.2, 0) is 23.1 Å². The van der Waals surface area contributed by atoms with E-state index in [0.717, 1.165) is 103 Å². The van der Waals surface area contributed by atoms with E-state index in [4.69, 9.17) is 18.3 Å². The van der Waals surface area contributed by atoms with E-state index >= 15 is 0 Å². The van der Waals surface area contributed by atoms with Crippen molar-refractivity contribution in [3.63, 3.8) is 0 Å². The average Bonchev–Trinajstić information content (AvgIpc) is 3.19. The van der Waals surface area contributed by atoms with Crippen LogP contribution in [0.2, 0.25) is 13.1 Å². The molecule has 1 heterocycles. The molecule has 1 aliphatic heterocycles. The zero-order valence-corrected chi connectivity index (χ0v) is 39.8. The molecule has 8 heteroatoms. The minimum atomic E-state index is -2.25. The Hall–Kier alpha value is -0.513. The summed E-state index contributed by atoms with van der Waals surface area (Å²) in [5.74, 6) is 0.159. The first-order valence-electron chi connectivity index (χ1n) is 25.3. The van der Waals surface area contributed by atoms with Crippen molar-refractivity contribution < 1.29 is 28.2 Å². The fourth-order valence-corrected chi connectivity index (χ4v) is 9.79. The summed E-state index contributed by atoms with van der Waals surface area (Å²) in [4.78, 5) is 15.6. The predicted molar refractivity (Wildman–Crippen MR) is 245 cm³/mol. The second-order valence-corrected chi connectivity index (χ2v) is 21.4. The van der Waals surface area contributed by atoms with E-state index < -0.39 is 8.56 Å². The summed E-state index contributed by atoms with van der Waals surface area (Å²) in [5.41, 5.74) is 0. The van der Waals surface area contributed by atoms with Crippen LogP contribution in [0.3, 0.4) is 0 Å². The molecular formula is C49H99NO6Si. The number of hydrogen-bond donors (Lipinski definition) is 1. The Morgan fingerprint density at radius 3 is 1.63 bits per heavy atom. The van der Waals surface area contributed by atoms with Gasteiger partial charge in [-0.2, -0.15) is 0 Å². The van der Waals surface area contributed by atoms with Gasteiger partial charge in [-0.05, 0) is 103 Å². The largest absolute Gasteiger partial charge is 0.465 e. The number of aliphatic hydroxyl groups excluding tert-OH is 1. The SMILES string of the molecule is CCCCCCCCC(CCCCCC)C(=O)OCCCCCCN(CCCCO)CCCCCCO[Si](C)(C)OC1CCCCCCCCCCCCCCO1. The van der Waals surface area contributed by atoms with Crippen molar-refractivity contribution in [1.82, 2.24) is 4.90 Å². The number of nitrogens with zero attached hydrogens (tertiary/aromatic N) is 1. The molecule has 0 saturated carbocycles. The summed E-state index contributed by atoms with van der Waals surface area (Å²) in [5, 5.41) is 9.36. The van der Waals surface area contributed by atoms with Crippen molar-refractivity contribution >= 4 is 14.5 Å². The summed E-state index contributed by atoms with van der Waals surface area (Å²) in [6.45, 7) is 14.6. The van der Waals surface area contributed by atoms with E-state index in [9.17, 15) is 9.90 Å². The Morgan fingerprint density at radius 1 is 0.596 bits per heavy atom. The van der Waals surface area contributed by atoms with Gasteiger partial charge in [-0.1, -0.05) is 168 Å². The van der Waals surface area contributed by atoms with Crippen molar-refractivity contribution in [1.29, 1.82) is 0 Å². The molecule has 1 rings (SSSR count). The van der Waals surface area contributed by atoms with Crippen LogP contribution in [0.1, 0.15) is 239 Å². The standard InChI is InChI=1S/C49H99NO6Si/c1-5-7-9-11-20-28-38-47(37-27-10-8-6-2)49(52)54-45-35-25-22-30-40-50(42-32-33-43-51)41-31-23-26-36-46-55-57(3,4)56-48-39-29-21-18-16-14-12-13-15-17-19-24-34-44-53-48/h47-48,51H,5-46H2,1-4H3. The minimum Gasteiger partial charge on any atom is -0.465 e. The highest BCUT2D eigenvalue weighted by molar-refractivity contribution is 6.64. The summed E-state index contributed by atoms with van der Waals surface area (Å²) >= 11 is 0. The molecule has 1 N–H and O–H groups in total. The maximum absolute atomic E-state index is 13.0. The Morgan fingerprint density at radius 2 is 1.05 bits per heavy atom. The first kappa shape index (κ1) is 54.5. The number of rotatable bonds is 34. The number of esters is 1. The van der Waals surface area contributed by atoms with Gasteiger partial charge in [-0.3, -0.25) is 4.79 Å². The minimum absolute atomic E-state index is 0.0629. The molecule has 0 spiro atoms. The van der Waals surface area contributed by atoms with E-state index in [2.05, 4.69) is 31.8 Å². The van der Waals surface area contributed by atoms with Gasteiger partial charge in [0.15, 0.2) is 0 Å². The highest BCUT2D eigenvalue weighted by atomic mass is 28.4. The average molecular weight is 826 g/mol.